The molecule has 1 aromatic rings. The zero-order valence-electron chi connectivity index (χ0n) is 17.5. The maximum atomic E-state index is 12.2. The number of hydrogen-bond donors (Lipinski definition) is 1. The van der Waals surface area contributed by atoms with E-state index < -0.39 is 11.9 Å². The van der Waals surface area contributed by atoms with E-state index >= 15 is 0 Å². The van der Waals surface area contributed by atoms with Crippen LogP contribution in [0.15, 0.2) is 11.6 Å². The number of cyclic esters (lactones) is 1. The molecule has 1 aromatic carbocycles. The third-order valence-corrected chi connectivity index (χ3v) is 4.89. The number of carbonyl (C=O) groups is 3. The molecular formula is C21H27NO7. The van der Waals surface area contributed by atoms with E-state index in [1.54, 1.807) is 7.11 Å². The molecule has 0 unspecified atom stereocenters. The number of benzene rings is 1. The number of nitrogens with one attached hydrogen (secondary N) is 1. The van der Waals surface area contributed by atoms with E-state index in [9.17, 15) is 14.4 Å². The Bertz CT molecular complexity index is 842. The molecule has 0 aromatic heterocycles. The molecule has 1 amide bonds. The second-order valence-corrected chi connectivity index (χ2v) is 6.71. The highest BCUT2D eigenvalue weighted by molar-refractivity contribution is 5.98. The monoisotopic (exact) mass is 405 g/mol. The van der Waals surface area contributed by atoms with Crippen molar-refractivity contribution < 1.29 is 33.3 Å². The van der Waals surface area contributed by atoms with Crippen LogP contribution in [0, 0.1) is 6.92 Å². The van der Waals surface area contributed by atoms with E-state index in [0.29, 0.717) is 29.9 Å². The summed E-state index contributed by atoms with van der Waals surface area (Å²) in [6, 6.07) is 0. The zero-order chi connectivity index (χ0) is 21.6. The number of ether oxygens (including phenoxy) is 4. The van der Waals surface area contributed by atoms with Gasteiger partial charge in [0.15, 0.2) is 0 Å². The lowest BCUT2D eigenvalue weighted by molar-refractivity contribution is -0.141. The average molecular weight is 405 g/mol. The first-order valence-electron chi connectivity index (χ1n) is 9.26. The highest BCUT2D eigenvalue weighted by atomic mass is 16.5. The zero-order valence-corrected chi connectivity index (χ0v) is 17.5. The fraction of sp³-hybridized carbons (Fsp3) is 0.476. The molecule has 8 nitrogen and oxygen atoms in total. The summed E-state index contributed by atoms with van der Waals surface area (Å²) in [6.45, 7) is 3.88. The summed E-state index contributed by atoms with van der Waals surface area (Å²) in [4.78, 5) is 35.0. The van der Waals surface area contributed by atoms with Crippen LogP contribution in [0.1, 0.15) is 46.8 Å². The molecule has 0 atom stereocenters. The molecular weight excluding hydrogens is 378 g/mol. The molecule has 8 heteroatoms. The first-order chi connectivity index (χ1) is 13.8. The molecule has 0 saturated heterocycles. The number of fused-ring (bicyclic) bond motifs is 1. The van der Waals surface area contributed by atoms with Crippen molar-refractivity contribution in [2.75, 3.05) is 27.9 Å². The Hall–Kier alpha value is -3.03. The van der Waals surface area contributed by atoms with Crippen LogP contribution in [0.4, 0.5) is 0 Å². The van der Waals surface area contributed by atoms with Gasteiger partial charge < -0.3 is 24.3 Å². The van der Waals surface area contributed by atoms with E-state index in [-0.39, 0.29) is 25.5 Å². The molecule has 158 valence electrons. The highest BCUT2D eigenvalue weighted by Crippen LogP contribution is 2.42. The standard InChI is InChI=1S/C21H27NO7/c1-12(7-9-16(23)22-10-17(24)26-3)6-8-14-19(27-4)13(2)15-11-29-21(25)18(15)20(14)28-5/h6H,7-11H2,1-5H3,(H,22,23)/b12-6+. The SMILES string of the molecule is COC(=O)CNC(=O)CC/C(C)=C/Cc1c(OC)c(C)c2c(c1OC)C(=O)OC2. The van der Waals surface area contributed by atoms with Gasteiger partial charge in [0.2, 0.25) is 5.91 Å². The maximum Gasteiger partial charge on any atom is 0.342 e. The first kappa shape index (κ1) is 22.3. The summed E-state index contributed by atoms with van der Waals surface area (Å²) in [5, 5.41) is 2.51. The van der Waals surface area contributed by atoms with Crippen molar-refractivity contribution in [3.63, 3.8) is 0 Å². The Labute approximate surface area is 170 Å². The molecule has 0 saturated carbocycles. The van der Waals surface area contributed by atoms with E-state index in [1.165, 1.54) is 14.2 Å². The van der Waals surface area contributed by atoms with Gasteiger partial charge in [0.1, 0.15) is 30.2 Å². The maximum absolute atomic E-state index is 12.2. The second-order valence-electron chi connectivity index (χ2n) is 6.71. The largest absolute Gasteiger partial charge is 0.496 e. The lowest BCUT2D eigenvalue weighted by Gasteiger charge is -2.18. The number of hydrogen-bond acceptors (Lipinski definition) is 7. The number of carbonyl (C=O) groups excluding carboxylic acids is 3. The molecule has 0 fully saturated rings. The Morgan fingerprint density at radius 1 is 1.14 bits per heavy atom. The van der Waals surface area contributed by atoms with Crippen LogP contribution >= 0.6 is 0 Å². The molecule has 0 bridgehead atoms. The van der Waals surface area contributed by atoms with Gasteiger partial charge in [0, 0.05) is 17.5 Å². The summed E-state index contributed by atoms with van der Waals surface area (Å²) in [5.74, 6) is 0.0140. The van der Waals surface area contributed by atoms with E-state index in [2.05, 4.69) is 10.1 Å². The van der Waals surface area contributed by atoms with Crippen LogP contribution < -0.4 is 14.8 Å². The van der Waals surface area contributed by atoms with Crippen LogP contribution in [0.5, 0.6) is 11.5 Å². The second kappa shape index (κ2) is 9.95. The third-order valence-electron chi connectivity index (χ3n) is 4.89. The van der Waals surface area contributed by atoms with Crippen molar-refractivity contribution in [2.45, 2.75) is 39.7 Å². The van der Waals surface area contributed by atoms with E-state index in [0.717, 1.165) is 22.3 Å². The molecule has 0 radical (unpaired) electrons. The summed E-state index contributed by atoms with van der Waals surface area (Å²) in [5.41, 5.74) is 3.85. The molecule has 0 spiro atoms. The predicted octanol–water partition coefficient (Wildman–Crippen LogP) is 2.24. The van der Waals surface area contributed by atoms with Gasteiger partial charge in [0.25, 0.3) is 0 Å². The van der Waals surface area contributed by atoms with Gasteiger partial charge in [-0.25, -0.2) is 4.79 Å². The number of esters is 2. The van der Waals surface area contributed by atoms with E-state index in [4.69, 9.17) is 14.2 Å². The number of allylic oxidation sites excluding steroid dienone is 2. The summed E-state index contributed by atoms with van der Waals surface area (Å²) >= 11 is 0. The van der Waals surface area contributed by atoms with Gasteiger partial charge in [-0.05, 0) is 32.3 Å². The van der Waals surface area contributed by atoms with Gasteiger partial charge in [-0.3, -0.25) is 9.59 Å². The first-order valence-corrected chi connectivity index (χ1v) is 9.26. The van der Waals surface area contributed by atoms with Gasteiger partial charge in [0.05, 0.1) is 21.3 Å². The third kappa shape index (κ3) is 5.07. The van der Waals surface area contributed by atoms with Crippen LogP contribution in [0.25, 0.3) is 0 Å². The molecule has 1 aliphatic heterocycles. The number of amides is 1. The smallest absolute Gasteiger partial charge is 0.342 e. The van der Waals surface area contributed by atoms with Crippen molar-refractivity contribution in [1.29, 1.82) is 0 Å². The Morgan fingerprint density at radius 3 is 2.45 bits per heavy atom. The normalized spacial score (nSPS) is 12.9. The van der Waals surface area contributed by atoms with Crippen molar-refractivity contribution in [1.82, 2.24) is 5.32 Å². The molecule has 0 aliphatic carbocycles. The quantitative estimate of drug-likeness (QED) is 0.497. The van der Waals surface area contributed by atoms with Gasteiger partial charge in [-0.15, -0.1) is 0 Å². The molecule has 1 aliphatic rings. The number of methoxy groups -OCH3 is 3. The summed E-state index contributed by atoms with van der Waals surface area (Å²) in [6.07, 6.45) is 3.23. The average Bonchev–Trinajstić information content (AvgIpc) is 3.10. The van der Waals surface area contributed by atoms with Crippen molar-refractivity contribution in [3.05, 3.63) is 33.9 Å². The fourth-order valence-electron chi connectivity index (χ4n) is 3.26. The van der Waals surface area contributed by atoms with Gasteiger partial charge in [-0.1, -0.05) is 11.6 Å². The van der Waals surface area contributed by atoms with Gasteiger partial charge >= 0.3 is 11.9 Å². The fourth-order valence-corrected chi connectivity index (χ4v) is 3.26. The minimum Gasteiger partial charge on any atom is -0.496 e. The van der Waals surface area contributed by atoms with Crippen LogP contribution in [0.2, 0.25) is 0 Å². The lowest BCUT2D eigenvalue weighted by Crippen LogP contribution is -2.29. The minimum atomic E-state index is -0.490. The van der Waals surface area contributed by atoms with Crippen LogP contribution in [0.3, 0.4) is 0 Å². The Balaban J connectivity index is 2.14. The minimum absolute atomic E-state index is 0.142. The molecule has 29 heavy (non-hydrogen) atoms. The van der Waals surface area contributed by atoms with Crippen LogP contribution in [-0.4, -0.2) is 45.7 Å². The Kier molecular flexibility index (Phi) is 7.64. The van der Waals surface area contributed by atoms with Crippen molar-refractivity contribution in [3.8, 4) is 11.5 Å². The lowest BCUT2D eigenvalue weighted by atomic mass is 9.94. The van der Waals surface area contributed by atoms with Gasteiger partial charge in [-0.2, -0.15) is 0 Å². The van der Waals surface area contributed by atoms with Crippen molar-refractivity contribution in [2.24, 2.45) is 0 Å². The highest BCUT2D eigenvalue weighted by Gasteiger charge is 2.32. The van der Waals surface area contributed by atoms with E-state index in [1.807, 2.05) is 19.9 Å². The summed E-state index contributed by atoms with van der Waals surface area (Å²) < 4.78 is 20.8. The Morgan fingerprint density at radius 2 is 1.83 bits per heavy atom. The number of rotatable bonds is 9. The molecule has 1 N–H and O–H groups in total. The molecule has 1 heterocycles. The topological polar surface area (TPSA) is 100 Å². The van der Waals surface area contributed by atoms with Crippen molar-refractivity contribution >= 4 is 17.8 Å². The van der Waals surface area contributed by atoms with Crippen LogP contribution in [-0.2, 0) is 32.1 Å². The molecule has 2 rings (SSSR count). The summed E-state index contributed by atoms with van der Waals surface area (Å²) in [7, 11) is 4.36. The predicted molar refractivity (Wildman–Crippen MR) is 105 cm³/mol.